The Labute approximate surface area is 188 Å². The zero-order valence-electron chi connectivity index (χ0n) is 17.8. The van der Waals surface area contributed by atoms with E-state index in [1.54, 1.807) is 23.3 Å². The van der Waals surface area contributed by atoms with E-state index in [4.69, 9.17) is 4.52 Å². The molecule has 1 aliphatic carbocycles. The first-order valence-electron chi connectivity index (χ1n) is 10.7. The van der Waals surface area contributed by atoms with Crippen LogP contribution < -0.4 is 0 Å². The molecular formula is C24H20N6O3. The number of benzene rings is 1. The van der Waals surface area contributed by atoms with Crippen LogP contribution in [0.4, 0.5) is 0 Å². The van der Waals surface area contributed by atoms with Crippen LogP contribution in [0.25, 0.3) is 44.9 Å². The van der Waals surface area contributed by atoms with Crippen molar-refractivity contribution in [2.45, 2.75) is 25.2 Å². The third-order valence-electron chi connectivity index (χ3n) is 6.22. The highest BCUT2D eigenvalue weighted by atomic mass is 16.5. The molecule has 0 saturated heterocycles. The van der Waals surface area contributed by atoms with E-state index < -0.39 is 5.97 Å². The molecule has 1 unspecified atom stereocenters. The lowest BCUT2D eigenvalue weighted by molar-refractivity contribution is -0.137. The number of hydrogen-bond donors (Lipinski definition) is 2. The normalized spacial score (nSPS) is 15.2. The summed E-state index contributed by atoms with van der Waals surface area (Å²) in [5.74, 6) is 0.149. The molecule has 1 atom stereocenters. The van der Waals surface area contributed by atoms with E-state index in [0.29, 0.717) is 11.7 Å². The number of carbonyl (C=O) groups is 1. The summed E-state index contributed by atoms with van der Waals surface area (Å²) in [6.45, 7) is 0. The molecule has 2 N–H and O–H groups in total. The number of carboxylic acids is 1. The summed E-state index contributed by atoms with van der Waals surface area (Å²) in [5, 5.41) is 18.7. The van der Waals surface area contributed by atoms with Gasteiger partial charge in [0.25, 0.3) is 5.89 Å². The molecule has 0 bridgehead atoms. The zero-order chi connectivity index (χ0) is 22.5. The van der Waals surface area contributed by atoms with Crippen molar-refractivity contribution in [3.8, 4) is 34.0 Å². The van der Waals surface area contributed by atoms with Crippen LogP contribution in [-0.2, 0) is 18.3 Å². The lowest BCUT2D eigenvalue weighted by atomic mass is 10.0. The quantitative estimate of drug-likeness (QED) is 0.420. The molecule has 0 radical (unpaired) electrons. The highest BCUT2D eigenvalue weighted by Crippen LogP contribution is 2.40. The number of aryl methyl sites for hydroxylation is 2. The first-order valence-corrected chi connectivity index (χ1v) is 10.7. The lowest BCUT2D eigenvalue weighted by Gasteiger charge is -2.05. The largest absolute Gasteiger partial charge is 0.481 e. The molecule has 6 rings (SSSR count). The number of aliphatic carboxylic acids is 1. The summed E-state index contributed by atoms with van der Waals surface area (Å²) < 4.78 is 7.29. The topological polar surface area (TPSA) is 123 Å². The minimum absolute atomic E-state index is 0.0321. The van der Waals surface area contributed by atoms with E-state index in [2.05, 4.69) is 25.2 Å². The molecule has 4 aromatic heterocycles. The van der Waals surface area contributed by atoms with Crippen molar-refractivity contribution in [3.63, 3.8) is 0 Å². The second-order valence-electron chi connectivity index (χ2n) is 8.40. The number of hydrogen-bond acceptors (Lipinski definition) is 6. The summed E-state index contributed by atoms with van der Waals surface area (Å²) >= 11 is 0. The molecule has 5 aromatic rings. The Balaban J connectivity index is 1.33. The van der Waals surface area contributed by atoms with Gasteiger partial charge in [-0.15, -0.1) is 0 Å². The average molecular weight is 440 g/mol. The fourth-order valence-electron chi connectivity index (χ4n) is 4.65. The van der Waals surface area contributed by atoms with Gasteiger partial charge in [0.05, 0.1) is 18.2 Å². The third-order valence-corrected chi connectivity index (χ3v) is 6.22. The van der Waals surface area contributed by atoms with Gasteiger partial charge in [0.2, 0.25) is 5.82 Å². The summed E-state index contributed by atoms with van der Waals surface area (Å²) in [4.78, 5) is 23.5. The highest BCUT2D eigenvalue weighted by molar-refractivity contribution is 5.89. The maximum absolute atomic E-state index is 11.2. The van der Waals surface area contributed by atoms with Gasteiger partial charge in [0, 0.05) is 64.8 Å². The molecule has 1 aliphatic rings. The Bertz CT molecular complexity index is 1510. The predicted molar refractivity (Wildman–Crippen MR) is 120 cm³/mol. The average Bonchev–Trinajstić information content (AvgIpc) is 3.58. The lowest BCUT2D eigenvalue weighted by Crippen LogP contribution is -2.03. The Kier molecular flexibility index (Phi) is 4.36. The fourth-order valence-corrected chi connectivity index (χ4v) is 4.65. The van der Waals surface area contributed by atoms with Gasteiger partial charge in [-0.2, -0.15) is 10.1 Å². The van der Waals surface area contributed by atoms with Gasteiger partial charge in [-0.25, -0.2) is 0 Å². The molecule has 9 heteroatoms. The number of nitrogens with one attached hydrogen (secondary N) is 1. The van der Waals surface area contributed by atoms with Gasteiger partial charge in [-0.1, -0.05) is 5.16 Å². The number of rotatable bonds is 5. The Morgan fingerprint density at radius 1 is 1.18 bits per heavy atom. The number of carboxylic acid groups (broad SMARTS) is 1. The van der Waals surface area contributed by atoms with E-state index in [9.17, 15) is 9.90 Å². The molecule has 0 fully saturated rings. The summed E-state index contributed by atoms with van der Waals surface area (Å²) in [6, 6.07) is 7.93. The molecule has 33 heavy (non-hydrogen) atoms. The number of H-pyrrole nitrogens is 1. The predicted octanol–water partition coefficient (Wildman–Crippen LogP) is 4.18. The molecule has 0 amide bonds. The maximum Gasteiger partial charge on any atom is 0.304 e. The zero-order valence-corrected chi connectivity index (χ0v) is 17.8. The van der Waals surface area contributed by atoms with Crippen molar-refractivity contribution in [2.75, 3.05) is 0 Å². The van der Waals surface area contributed by atoms with Gasteiger partial charge in [0.15, 0.2) is 0 Å². The summed E-state index contributed by atoms with van der Waals surface area (Å²) in [7, 11) is 1.87. The second-order valence-corrected chi connectivity index (χ2v) is 8.40. The molecule has 9 nitrogen and oxygen atoms in total. The molecule has 0 aliphatic heterocycles. The van der Waals surface area contributed by atoms with Crippen LogP contribution in [0, 0.1) is 0 Å². The first kappa shape index (κ1) is 19.4. The summed E-state index contributed by atoms with van der Waals surface area (Å²) in [6.07, 6.45) is 9.03. The molecule has 4 heterocycles. The van der Waals surface area contributed by atoms with Gasteiger partial charge in [0.1, 0.15) is 0 Å². The van der Waals surface area contributed by atoms with Crippen molar-refractivity contribution >= 4 is 16.9 Å². The van der Waals surface area contributed by atoms with Crippen LogP contribution in [0.3, 0.4) is 0 Å². The van der Waals surface area contributed by atoms with Gasteiger partial charge < -0.3 is 14.6 Å². The maximum atomic E-state index is 11.2. The van der Waals surface area contributed by atoms with Crippen molar-refractivity contribution in [1.82, 2.24) is 29.9 Å². The number of aromatic amines is 1. The Hall–Kier alpha value is -4.27. The van der Waals surface area contributed by atoms with E-state index in [1.165, 1.54) is 5.56 Å². The number of nitrogens with zero attached hydrogens (tertiary/aromatic N) is 5. The minimum atomic E-state index is -0.770. The number of aromatic nitrogens is 6. The molecular weight excluding hydrogens is 420 g/mol. The monoisotopic (exact) mass is 440 g/mol. The van der Waals surface area contributed by atoms with Crippen LogP contribution >= 0.6 is 0 Å². The molecule has 0 saturated carbocycles. The summed E-state index contributed by atoms with van der Waals surface area (Å²) in [5.41, 5.74) is 6.68. The molecule has 164 valence electrons. The van der Waals surface area contributed by atoms with E-state index >= 15 is 0 Å². The van der Waals surface area contributed by atoms with Crippen molar-refractivity contribution in [1.29, 1.82) is 0 Å². The van der Waals surface area contributed by atoms with Crippen LogP contribution in [0.5, 0.6) is 0 Å². The smallest absolute Gasteiger partial charge is 0.304 e. The highest BCUT2D eigenvalue weighted by Gasteiger charge is 2.28. The SMILES string of the molecule is Cn1cc(-c2cncc(-c3nc(-c4ccc5[nH]c6c(c5c4)CCC6CC(=O)O)no3)c2)cn1. The van der Waals surface area contributed by atoms with Crippen LogP contribution in [0.15, 0.2) is 53.6 Å². The van der Waals surface area contributed by atoms with Crippen LogP contribution in [0.2, 0.25) is 0 Å². The number of fused-ring (bicyclic) bond motifs is 3. The molecule has 1 aromatic carbocycles. The second kappa shape index (κ2) is 7.40. The minimum Gasteiger partial charge on any atom is -0.481 e. The van der Waals surface area contributed by atoms with Crippen molar-refractivity contribution < 1.29 is 14.4 Å². The van der Waals surface area contributed by atoms with E-state index in [1.807, 2.05) is 37.5 Å². The van der Waals surface area contributed by atoms with Crippen molar-refractivity contribution in [2.24, 2.45) is 7.05 Å². The van der Waals surface area contributed by atoms with E-state index in [-0.39, 0.29) is 12.3 Å². The van der Waals surface area contributed by atoms with Gasteiger partial charge >= 0.3 is 5.97 Å². The third kappa shape index (κ3) is 3.38. The van der Waals surface area contributed by atoms with Crippen molar-refractivity contribution in [3.05, 3.63) is 60.3 Å². The number of pyridine rings is 1. The standard InChI is InChI=1S/C24H20N6O3/c1-30-12-17(11-26-30)15-6-16(10-25-9-15)24-28-23(29-33-24)14-3-5-20-19(7-14)18-4-2-13(8-21(31)32)22(18)27-20/h3,5-7,9-13,27H,2,4,8H2,1H3,(H,31,32). The van der Waals surface area contributed by atoms with E-state index in [0.717, 1.165) is 51.7 Å². The Morgan fingerprint density at radius 2 is 2.06 bits per heavy atom. The van der Waals surface area contributed by atoms with Gasteiger partial charge in [-0.05, 0) is 42.7 Å². The van der Waals surface area contributed by atoms with Crippen LogP contribution in [0.1, 0.15) is 30.0 Å². The van der Waals surface area contributed by atoms with Crippen LogP contribution in [-0.4, -0.2) is 41.0 Å². The first-order chi connectivity index (χ1) is 16.0. The Morgan fingerprint density at radius 3 is 2.88 bits per heavy atom. The molecule has 0 spiro atoms. The van der Waals surface area contributed by atoms with Gasteiger partial charge in [-0.3, -0.25) is 14.5 Å². The fraction of sp³-hybridized carbons (Fsp3) is 0.208.